The summed E-state index contributed by atoms with van der Waals surface area (Å²) in [6.07, 6.45) is 3.37. The minimum atomic E-state index is 0.120. The van der Waals surface area contributed by atoms with Crippen molar-refractivity contribution in [3.63, 3.8) is 0 Å². The topological polar surface area (TPSA) is 60.3 Å². The van der Waals surface area contributed by atoms with Gasteiger partial charge in [0, 0.05) is 18.6 Å². The van der Waals surface area contributed by atoms with Crippen molar-refractivity contribution in [3.8, 4) is 11.5 Å². The van der Waals surface area contributed by atoms with Crippen LogP contribution < -0.4 is 9.47 Å². The first-order valence-corrected chi connectivity index (χ1v) is 8.05. The summed E-state index contributed by atoms with van der Waals surface area (Å²) in [5.74, 6) is 0.855. The van der Waals surface area contributed by atoms with E-state index >= 15 is 0 Å². The third-order valence-electron chi connectivity index (χ3n) is 2.41. The van der Waals surface area contributed by atoms with Crippen LogP contribution in [0.25, 0.3) is 0 Å². The Morgan fingerprint density at radius 2 is 1.78 bits per heavy atom. The van der Waals surface area contributed by atoms with Gasteiger partial charge in [-0.05, 0) is 6.08 Å². The van der Waals surface area contributed by atoms with Crippen LogP contribution in [0.1, 0.15) is 6.42 Å². The summed E-state index contributed by atoms with van der Waals surface area (Å²) in [5.41, 5.74) is 0. The lowest BCUT2D eigenvalue weighted by molar-refractivity contribution is 0.151. The molecule has 0 spiro atoms. The van der Waals surface area contributed by atoms with E-state index in [1.165, 1.54) is 12.3 Å². The Labute approximate surface area is 154 Å². The lowest BCUT2D eigenvalue weighted by Gasteiger charge is -2.12. The van der Waals surface area contributed by atoms with Crippen molar-refractivity contribution in [2.24, 2.45) is 5.16 Å². The van der Waals surface area contributed by atoms with E-state index in [0.29, 0.717) is 41.2 Å². The molecule has 0 unspecified atom stereocenters. The second kappa shape index (κ2) is 11.6. The van der Waals surface area contributed by atoms with Crippen molar-refractivity contribution in [1.29, 1.82) is 0 Å². The number of hydrogen-bond donors (Lipinski definition) is 1. The molecule has 0 aliphatic heterocycles. The van der Waals surface area contributed by atoms with Gasteiger partial charge in [0.25, 0.3) is 0 Å². The van der Waals surface area contributed by atoms with Crippen LogP contribution >= 0.6 is 46.4 Å². The zero-order chi connectivity index (χ0) is 17.1. The molecule has 1 aromatic carbocycles. The SMILES string of the molecule is O/N=C/COCCCOc1c(Cl)cc(OCC=C(Cl)Cl)cc1Cl. The Kier molecular flexibility index (Phi) is 10.2. The normalized spacial score (nSPS) is 10.8. The van der Waals surface area contributed by atoms with Gasteiger partial charge in [0.15, 0.2) is 5.75 Å². The molecule has 0 aromatic heterocycles. The van der Waals surface area contributed by atoms with Gasteiger partial charge in [-0.15, -0.1) is 0 Å². The second-order valence-corrected chi connectivity index (χ2v) is 5.92. The standard InChI is InChI=1S/C14H15Cl4NO4/c15-11-8-10(22-6-2-13(17)18)9-12(16)14(11)23-5-1-4-21-7-3-19-20/h2-3,8-9,20H,1,4-7H2/b19-3+. The highest BCUT2D eigenvalue weighted by atomic mass is 35.5. The molecule has 0 aliphatic carbocycles. The van der Waals surface area contributed by atoms with Crippen LogP contribution in [0.3, 0.4) is 0 Å². The Morgan fingerprint density at radius 3 is 2.39 bits per heavy atom. The smallest absolute Gasteiger partial charge is 0.156 e. The van der Waals surface area contributed by atoms with E-state index in [-0.39, 0.29) is 17.7 Å². The number of benzene rings is 1. The minimum absolute atomic E-state index is 0.120. The maximum atomic E-state index is 8.19. The van der Waals surface area contributed by atoms with Gasteiger partial charge >= 0.3 is 0 Å². The molecule has 0 bridgehead atoms. The van der Waals surface area contributed by atoms with Gasteiger partial charge in [-0.2, -0.15) is 0 Å². The number of nitrogens with zero attached hydrogens (tertiary/aromatic N) is 1. The van der Waals surface area contributed by atoms with Gasteiger partial charge < -0.3 is 19.4 Å². The van der Waals surface area contributed by atoms with Crippen molar-refractivity contribution >= 4 is 52.6 Å². The summed E-state index contributed by atoms with van der Waals surface area (Å²) in [6, 6.07) is 3.18. The fraction of sp³-hybridized carbons (Fsp3) is 0.357. The molecule has 0 atom stereocenters. The van der Waals surface area contributed by atoms with E-state index in [1.54, 1.807) is 12.1 Å². The Morgan fingerprint density at radius 1 is 1.09 bits per heavy atom. The van der Waals surface area contributed by atoms with Crippen LogP contribution in [0, 0.1) is 0 Å². The molecule has 5 nitrogen and oxygen atoms in total. The van der Waals surface area contributed by atoms with Crippen molar-refractivity contribution in [2.75, 3.05) is 26.4 Å². The first-order chi connectivity index (χ1) is 11.0. The van der Waals surface area contributed by atoms with Crippen molar-refractivity contribution in [3.05, 3.63) is 32.7 Å². The fourth-order valence-electron chi connectivity index (χ4n) is 1.46. The Hall–Kier alpha value is -0.850. The third-order valence-corrected chi connectivity index (χ3v) is 3.28. The summed E-state index contributed by atoms with van der Waals surface area (Å²) in [7, 11) is 0. The molecule has 0 saturated carbocycles. The molecule has 0 aliphatic rings. The first-order valence-electron chi connectivity index (χ1n) is 6.54. The summed E-state index contributed by atoms with van der Waals surface area (Å²) in [6.45, 7) is 1.27. The molecule has 0 radical (unpaired) electrons. The monoisotopic (exact) mass is 401 g/mol. The Balaban J connectivity index is 2.45. The molecule has 0 amide bonds. The average molecular weight is 403 g/mol. The predicted molar refractivity (Wildman–Crippen MR) is 93.0 cm³/mol. The molecule has 0 saturated heterocycles. The van der Waals surface area contributed by atoms with E-state index in [9.17, 15) is 0 Å². The molecule has 9 heteroatoms. The number of halogens is 4. The molecule has 0 heterocycles. The molecular formula is C14H15Cl4NO4. The van der Waals surface area contributed by atoms with Gasteiger partial charge in [0.1, 0.15) is 16.8 Å². The van der Waals surface area contributed by atoms with Gasteiger partial charge in [0.05, 0.1) is 36.1 Å². The number of hydrogen-bond acceptors (Lipinski definition) is 5. The average Bonchev–Trinajstić information content (AvgIpc) is 2.48. The van der Waals surface area contributed by atoms with Gasteiger partial charge in [-0.1, -0.05) is 51.6 Å². The lowest BCUT2D eigenvalue weighted by atomic mass is 10.3. The van der Waals surface area contributed by atoms with E-state index in [4.69, 9.17) is 65.8 Å². The molecule has 1 N–H and O–H groups in total. The summed E-state index contributed by atoms with van der Waals surface area (Å²) in [4.78, 5) is 0. The number of oxime groups is 1. The zero-order valence-corrected chi connectivity index (χ0v) is 15.0. The largest absolute Gasteiger partial charge is 0.490 e. The van der Waals surface area contributed by atoms with Crippen molar-refractivity contribution < 1.29 is 19.4 Å². The molecule has 23 heavy (non-hydrogen) atoms. The van der Waals surface area contributed by atoms with Gasteiger partial charge in [0.2, 0.25) is 0 Å². The summed E-state index contributed by atoms with van der Waals surface area (Å²) < 4.78 is 16.2. The van der Waals surface area contributed by atoms with E-state index in [2.05, 4.69) is 5.16 Å². The van der Waals surface area contributed by atoms with Crippen LogP contribution in [0.5, 0.6) is 11.5 Å². The maximum absolute atomic E-state index is 8.19. The highest BCUT2D eigenvalue weighted by molar-refractivity contribution is 6.55. The van der Waals surface area contributed by atoms with Crippen LogP contribution in [0.2, 0.25) is 10.0 Å². The lowest BCUT2D eigenvalue weighted by Crippen LogP contribution is -2.05. The van der Waals surface area contributed by atoms with E-state index in [0.717, 1.165) is 0 Å². The minimum Gasteiger partial charge on any atom is -0.490 e. The van der Waals surface area contributed by atoms with Crippen LogP contribution in [-0.4, -0.2) is 37.8 Å². The van der Waals surface area contributed by atoms with Crippen molar-refractivity contribution in [1.82, 2.24) is 0 Å². The molecule has 128 valence electrons. The van der Waals surface area contributed by atoms with Gasteiger partial charge in [-0.3, -0.25) is 0 Å². The number of ether oxygens (including phenoxy) is 3. The predicted octanol–water partition coefficient (Wildman–Crippen LogP) is 4.94. The molecule has 0 fully saturated rings. The van der Waals surface area contributed by atoms with Crippen LogP contribution in [0.15, 0.2) is 27.9 Å². The molecule has 1 aromatic rings. The van der Waals surface area contributed by atoms with Crippen molar-refractivity contribution in [2.45, 2.75) is 6.42 Å². The van der Waals surface area contributed by atoms with E-state index < -0.39 is 0 Å². The molecule has 1 rings (SSSR count). The quantitative estimate of drug-likeness (QED) is 0.260. The fourth-order valence-corrected chi connectivity index (χ4v) is 2.17. The summed E-state index contributed by atoms with van der Waals surface area (Å²) >= 11 is 23.2. The highest BCUT2D eigenvalue weighted by Gasteiger charge is 2.10. The highest BCUT2D eigenvalue weighted by Crippen LogP contribution is 2.37. The van der Waals surface area contributed by atoms with E-state index in [1.807, 2.05) is 0 Å². The maximum Gasteiger partial charge on any atom is 0.156 e. The third kappa shape index (κ3) is 8.53. The molecular weight excluding hydrogens is 388 g/mol. The second-order valence-electron chi connectivity index (χ2n) is 4.10. The van der Waals surface area contributed by atoms with Crippen LogP contribution in [0.4, 0.5) is 0 Å². The zero-order valence-electron chi connectivity index (χ0n) is 12.0. The summed E-state index contributed by atoms with van der Waals surface area (Å²) in [5, 5.41) is 11.7. The first kappa shape index (κ1) is 20.2. The Bertz CT molecular complexity index is 525. The van der Waals surface area contributed by atoms with Gasteiger partial charge in [-0.25, -0.2) is 0 Å². The number of rotatable bonds is 10. The van der Waals surface area contributed by atoms with Crippen LogP contribution in [-0.2, 0) is 4.74 Å².